The molecule has 0 aliphatic carbocycles. The van der Waals surface area contributed by atoms with Crippen LogP contribution in [0.4, 0.5) is 0 Å². The molecule has 0 heterocycles. The molecule has 68 valence electrons. The summed E-state index contributed by atoms with van der Waals surface area (Å²) in [6.45, 7) is 4.95. The molecule has 1 atom stereocenters. The molecule has 0 N–H and O–H groups in total. The van der Waals surface area contributed by atoms with E-state index in [0.29, 0.717) is 0 Å². The molecule has 0 aliphatic rings. The van der Waals surface area contributed by atoms with Crippen molar-refractivity contribution in [1.29, 1.82) is 0 Å². The summed E-state index contributed by atoms with van der Waals surface area (Å²) in [5.74, 6) is -0.638. The predicted molar refractivity (Wildman–Crippen MR) is 45.7 cm³/mol. The molecule has 0 rings (SSSR count). The zero-order chi connectivity index (χ0) is 9.56. The van der Waals surface area contributed by atoms with Gasteiger partial charge in [-0.25, -0.2) is 0 Å². The van der Waals surface area contributed by atoms with Crippen molar-refractivity contribution in [2.45, 2.75) is 33.3 Å². The molecule has 0 saturated carbocycles. The molecule has 0 radical (unpaired) electrons. The normalized spacial score (nSPS) is 12.9. The molecule has 3 nitrogen and oxygen atoms in total. The Labute approximate surface area is 72.4 Å². The number of carbonyl (C=O) groups is 2. The maximum absolute atomic E-state index is 10.9. The van der Waals surface area contributed by atoms with E-state index in [0.717, 1.165) is 0 Å². The van der Waals surface area contributed by atoms with Crippen LogP contribution in [0.5, 0.6) is 0 Å². The van der Waals surface area contributed by atoms with Crippen molar-refractivity contribution in [1.82, 2.24) is 0 Å². The second kappa shape index (κ2) is 5.52. The number of ether oxygens (including phenoxy) is 1. The Hall–Kier alpha value is -1.12. The van der Waals surface area contributed by atoms with Crippen LogP contribution in [0, 0.1) is 0 Å². The predicted octanol–water partition coefficient (Wildman–Crippen LogP) is 1.47. The third kappa shape index (κ3) is 5.65. The molecule has 0 aromatic rings. The molecule has 0 bridgehead atoms. The fourth-order valence-corrected chi connectivity index (χ4v) is 0.763. The molecule has 0 aliphatic heterocycles. The molecule has 0 saturated heterocycles. The molecule has 3 heteroatoms. The Kier molecular flexibility index (Phi) is 5.00. The third-order valence-electron chi connectivity index (χ3n) is 1.17. The highest BCUT2D eigenvalue weighted by Gasteiger charge is 2.08. The van der Waals surface area contributed by atoms with Crippen molar-refractivity contribution in [3.8, 4) is 0 Å². The highest BCUT2D eigenvalue weighted by Crippen LogP contribution is 1.96. The Balaban J connectivity index is 3.76. The highest BCUT2D eigenvalue weighted by molar-refractivity contribution is 5.94. The van der Waals surface area contributed by atoms with Crippen LogP contribution < -0.4 is 0 Å². The molecular weight excluding hydrogens is 156 g/mol. The fraction of sp³-hybridized carbons (Fsp3) is 0.556. The van der Waals surface area contributed by atoms with Gasteiger partial charge in [0.1, 0.15) is 18.3 Å². The summed E-state index contributed by atoms with van der Waals surface area (Å²) in [5.41, 5.74) is 0. The van der Waals surface area contributed by atoms with Crippen LogP contribution >= 0.6 is 0 Å². The number of rotatable bonds is 4. The van der Waals surface area contributed by atoms with E-state index >= 15 is 0 Å². The largest absolute Gasteiger partial charge is 0.458 e. The van der Waals surface area contributed by atoms with Gasteiger partial charge in [-0.05, 0) is 26.8 Å². The van der Waals surface area contributed by atoms with Gasteiger partial charge < -0.3 is 4.74 Å². The van der Waals surface area contributed by atoms with Gasteiger partial charge in [0, 0.05) is 0 Å². The fourth-order valence-electron chi connectivity index (χ4n) is 0.763. The second-order valence-corrected chi connectivity index (χ2v) is 2.60. The number of hydrogen-bond donors (Lipinski definition) is 0. The Bertz CT molecular complexity index is 194. The first kappa shape index (κ1) is 10.9. The minimum atomic E-state index is -0.465. The quantitative estimate of drug-likeness (QED) is 0.364. The molecule has 0 fully saturated rings. The molecule has 1 unspecified atom stereocenters. The number of carbonyl (C=O) groups excluding carboxylic acids is 2. The lowest BCUT2D eigenvalue weighted by Crippen LogP contribution is -2.14. The van der Waals surface area contributed by atoms with E-state index in [1.807, 2.05) is 6.92 Å². The van der Waals surface area contributed by atoms with Crippen LogP contribution in [0.25, 0.3) is 0 Å². The summed E-state index contributed by atoms with van der Waals surface area (Å²) in [7, 11) is 0. The third-order valence-corrected chi connectivity index (χ3v) is 1.17. The standard InChI is InChI=1S/C9H14O3/c1-4-5-8(3)12-9(11)6-7(2)10/h4-5,8H,6H2,1-3H3/b5-4+. The Morgan fingerprint density at radius 3 is 2.50 bits per heavy atom. The number of ketones is 1. The number of esters is 1. The van der Waals surface area contributed by atoms with Gasteiger partial charge in [-0.3, -0.25) is 9.59 Å². The van der Waals surface area contributed by atoms with Crippen molar-refractivity contribution < 1.29 is 14.3 Å². The lowest BCUT2D eigenvalue weighted by Gasteiger charge is -2.07. The van der Waals surface area contributed by atoms with E-state index in [4.69, 9.17) is 4.74 Å². The molecule has 12 heavy (non-hydrogen) atoms. The van der Waals surface area contributed by atoms with E-state index in [2.05, 4.69) is 0 Å². The SMILES string of the molecule is C/C=C/C(C)OC(=O)CC(C)=O. The van der Waals surface area contributed by atoms with Gasteiger partial charge in [0.2, 0.25) is 0 Å². The molecule has 0 spiro atoms. The number of hydrogen-bond acceptors (Lipinski definition) is 3. The van der Waals surface area contributed by atoms with Gasteiger partial charge in [0.15, 0.2) is 0 Å². The lowest BCUT2D eigenvalue weighted by molar-refractivity contribution is -0.147. The van der Waals surface area contributed by atoms with E-state index in [-0.39, 0.29) is 18.3 Å². The van der Waals surface area contributed by atoms with Gasteiger partial charge in [-0.1, -0.05) is 6.08 Å². The van der Waals surface area contributed by atoms with Crippen LogP contribution in [0.3, 0.4) is 0 Å². The van der Waals surface area contributed by atoms with Gasteiger partial charge >= 0.3 is 5.97 Å². The van der Waals surface area contributed by atoms with Gasteiger partial charge in [-0.15, -0.1) is 0 Å². The zero-order valence-corrected chi connectivity index (χ0v) is 7.66. The van der Waals surface area contributed by atoms with Gasteiger partial charge in [-0.2, -0.15) is 0 Å². The summed E-state index contributed by atoms with van der Waals surface area (Å²) in [4.78, 5) is 21.3. The van der Waals surface area contributed by atoms with Gasteiger partial charge in [0.25, 0.3) is 0 Å². The van der Waals surface area contributed by atoms with Crippen molar-refractivity contribution in [2.24, 2.45) is 0 Å². The average Bonchev–Trinajstić information content (AvgIpc) is 1.84. The maximum Gasteiger partial charge on any atom is 0.313 e. The van der Waals surface area contributed by atoms with E-state index < -0.39 is 5.97 Å². The minimum Gasteiger partial charge on any atom is -0.458 e. The van der Waals surface area contributed by atoms with Crippen molar-refractivity contribution in [3.63, 3.8) is 0 Å². The number of allylic oxidation sites excluding steroid dienone is 1. The lowest BCUT2D eigenvalue weighted by atomic mass is 10.3. The first-order valence-electron chi connectivity index (χ1n) is 3.88. The Morgan fingerprint density at radius 2 is 2.08 bits per heavy atom. The van der Waals surface area contributed by atoms with E-state index in [1.54, 1.807) is 19.1 Å². The topological polar surface area (TPSA) is 43.4 Å². The van der Waals surface area contributed by atoms with Gasteiger partial charge in [0.05, 0.1) is 0 Å². The molecule has 0 aromatic carbocycles. The molecular formula is C9H14O3. The first-order valence-corrected chi connectivity index (χ1v) is 3.88. The first-order chi connectivity index (χ1) is 5.56. The van der Waals surface area contributed by atoms with Crippen LogP contribution in [-0.2, 0) is 14.3 Å². The summed E-state index contributed by atoms with van der Waals surface area (Å²) in [6.07, 6.45) is 3.16. The molecule has 0 amide bonds. The maximum atomic E-state index is 10.9. The smallest absolute Gasteiger partial charge is 0.313 e. The van der Waals surface area contributed by atoms with Crippen LogP contribution in [0.15, 0.2) is 12.2 Å². The highest BCUT2D eigenvalue weighted by atomic mass is 16.5. The van der Waals surface area contributed by atoms with Crippen LogP contribution in [0.2, 0.25) is 0 Å². The van der Waals surface area contributed by atoms with Crippen molar-refractivity contribution in [3.05, 3.63) is 12.2 Å². The zero-order valence-electron chi connectivity index (χ0n) is 7.66. The molecule has 0 aromatic heterocycles. The summed E-state index contributed by atoms with van der Waals surface area (Å²) in [5, 5.41) is 0. The Morgan fingerprint density at radius 1 is 1.50 bits per heavy atom. The minimum absolute atomic E-state index is 0.137. The average molecular weight is 170 g/mol. The van der Waals surface area contributed by atoms with Crippen molar-refractivity contribution in [2.75, 3.05) is 0 Å². The number of Topliss-reactive ketones (excluding diaryl/α,β-unsaturated/α-hetero) is 1. The monoisotopic (exact) mass is 170 g/mol. The summed E-state index contributed by atoms with van der Waals surface area (Å²) >= 11 is 0. The van der Waals surface area contributed by atoms with Crippen molar-refractivity contribution >= 4 is 11.8 Å². The van der Waals surface area contributed by atoms with Crippen LogP contribution in [-0.4, -0.2) is 17.9 Å². The summed E-state index contributed by atoms with van der Waals surface area (Å²) in [6, 6.07) is 0. The van der Waals surface area contributed by atoms with E-state index in [1.165, 1.54) is 6.92 Å². The van der Waals surface area contributed by atoms with E-state index in [9.17, 15) is 9.59 Å². The second-order valence-electron chi connectivity index (χ2n) is 2.60. The summed E-state index contributed by atoms with van der Waals surface area (Å²) < 4.78 is 4.86. The van der Waals surface area contributed by atoms with Crippen LogP contribution in [0.1, 0.15) is 27.2 Å².